The molecule has 25 heavy (non-hydrogen) atoms. The summed E-state index contributed by atoms with van der Waals surface area (Å²) in [4.78, 5) is 31.2. The van der Waals surface area contributed by atoms with Crippen LogP contribution in [0.2, 0.25) is 0 Å². The van der Waals surface area contributed by atoms with Crippen LogP contribution in [-0.2, 0) is 14.4 Å². The standard InChI is InChI=1S/C20H24N2O3/c1-5-6-15-11-13(2)16(14(3)12-15)17-18(23)20(21-19(17)24)7-9-22(25-4)10-8-20/h11-12,17H,7-10H2,1-4H3,(H,21,24). The highest BCUT2D eigenvalue weighted by molar-refractivity contribution is 6.17. The molecule has 1 amide bonds. The number of benzene rings is 1. The molecule has 1 aromatic rings. The summed E-state index contributed by atoms with van der Waals surface area (Å²) in [6, 6.07) is 3.91. The Morgan fingerprint density at radius 3 is 2.32 bits per heavy atom. The Hall–Kier alpha value is -2.16. The zero-order valence-corrected chi connectivity index (χ0v) is 15.2. The van der Waals surface area contributed by atoms with Crippen molar-refractivity contribution in [2.24, 2.45) is 0 Å². The summed E-state index contributed by atoms with van der Waals surface area (Å²) >= 11 is 0. The number of amides is 1. The van der Waals surface area contributed by atoms with Crippen LogP contribution in [-0.4, -0.2) is 42.5 Å². The van der Waals surface area contributed by atoms with Gasteiger partial charge in [0.2, 0.25) is 5.91 Å². The molecule has 0 aliphatic carbocycles. The summed E-state index contributed by atoms with van der Waals surface area (Å²) in [7, 11) is 1.63. The second kappa shape index (κ2) is 6.62. The molecule has 2 aliphatic rings. The second-order valence-electron chi connectivity index (χ2n) is 6.88. The molecule has 5 nitrogen and oxygen atoms in total. The minimum absolute atomic E-state index is 0.00576. The number of Topliss-reactive ketones (excluding diaryl/α,β-unsaturated/α-hetero) is 1. The van der Waals surface area contributed by atoms with E-state index in [4.69, 9.17) is 4.84 Å². The van der Waals surface area contributed by atoms with E-state index in [1.807, 2.05) is 31.0 Å². The van der Waals surface area contributed by atoms with Crippen molar-refractivity contribution in [2.75, 3.05) is 20.2 Å². The molecule has 0 bridgehead atoms. The van der Waals surface area contributed by atoms with Gasteiger partial charge in [-0.2, -0.15) is 5.06 Å². The third-order valence-corrected chi connectivity index (χ3v) is 5.34. The largest absolute Gasteiger partial charge is 0.343 e. The summed E-state index contributed by atoms with van der Waals surface area (Å²) in [5.41, 5.74) is 2.87. The third kappa shape index (κ3) is 2.97. The molecule has 2 heterocycles. The van der Waals surface area contributed by atoms with E-state index in [0.717, 1.165) is 22.3 Å². The van der Waals surface area contributed by atoms with Crippen molar-refractivity contribution in [3.05, 3.63) is 34.4 Å². The van der Waals surface area contributed by atoms with E-state index < -0.39 is 11.5 Å². The molecule has 3 rings (SSSR count). The van der Waals surface area contributed by atoms with Crippen molar-refractivity contribution in [3.8, 4) is 11.8 Å². The van der Waals surface area contributed by atoms with Crippen LogP contribution in [0.5, 0.6) is 0 Å². The molecule has 2 aliphatic heterocycles. The van der Waals surface area contributed by atoms with Crippen LogP contribution in [0.4, 0.5) is 0 Å². The summed E-state index contributed by atoms with van der Waals surface area (Å²) in [5, 5.41) is 4.83. The molecular formula is C20H24N2O3. The minimum atomic E-state index is -0.752. The number of hydrogen-bond acceptors (Lipinski definition) is 4. The highest BCUT2D eigenvalue weighted by Gasteiger charge is 2.54. The number of aryl methyl sites for hydroxylation is 2. The van der Waals surface area contributed by atoms with Crippen molar-refractivity contribution in [2.45, 2.75) is 45.1 Å². The van der Waals surface area contributed by atoms with Crippen LogP contribution in [0.1, 0.15) is 47.9 Å². The Balaban J connectivity index is 1.95. The average molecular weight is 340 g/mol. The second-order valence-corrected chi connectivity index (χ2v) is 6.88. The van der Waals surface area contributed by atoms with E-state index in [-0.39, 0.29) is 11.7 Å². The van der Waals surface area contributed by atoms with Gasteiger partial charge in [0.15, 0.2) is 5.78 Å². The van der Waals surface area contributed by atoms with E-state index in [9.17, 15) is 9.59 Å². The summed E-state index contributed by atoms with van der Waals surface area (Å²) in [6.07, 6.45) is 1.17. The fraction of sp³-hybridized carbons (Fsp3) is 0.500. The normalized spacial score (nSPS) is 22.6. The van der Waals surface area contributed by atoms with Gasteiger partial charge in [-0.05, 0) is 62.4 Å². The molecule has 1 unspecified atom stereocenters. The Kier molecular flexibility index (Phi) is 4.68. The van der Waals surface area contributed by atoms with Crippen LogP contribution in [0, 0.1) is 25.7 Å². The summed E-state index contributed by atoms with van der Waals surface area (Å²) in [5.74, 6) is 5.02. The summed E-state index contributed by atoms with van der Waals surface area (Å²) in [6.45, 7) is 6.96. The number of hydroxylamine groups is 2. The van der Waals surface area contributed by atoms with E-state index >= 15 is 0 Å². The van der Waals surface area contributed by atoms with Gasteiger partial charge < -0.3 is 10.2 Å². The molecule has 1 spiro atoms. The lowest BCUT2D eigenvalue weighted by molar-refractivity contribution is -0.157. The number of piperidine rings is 1. The smallest absolute Gasteiger partial charge is 0.235 e. The van der Waals surface area contributed by atoms with Crippen LogP contribution in [0.3, 0.4) is 0 Å². The molecule has 0 aromatic heterocycles. The van der Waals surface area contributed by atoms with Crippen LogP contribution in [0.15, 0.2) is 12.1 Å². The number of carbonyl (C=O) groups excluding carboxylic acids is 2. The van der Waals surface area contributed by atoms with Crippen LogP contribution in [0.25, 0.3) is 0 Å². The monoisotopic (exact) mass is 340 g/mol. The van der Waals surface area contributed by atoms with Gasteiger partial charge in [0.1, 0.15) is 11.5 Å². The number of carbonyl (C=O) groups is 2. The van der Waals surface area contributed by atoms with Gasteiger partial charge in [-0.15, -0.1) is 5.92 Å². The number of nitrogens with one attached hydrogen (secondary N) is 1. The Morgan fingerprint density at radius 1 is 1.20 bits per heavy atom. The number of hydrogen-bond donors (Lipinski definition) is 1. The SMILES string of the molecule is CC#Cc1cc(C)c(C2C(=O)NC3(CCN(OC)CC3)C2=O)c(C)c1. The predicted octanol–water partition coefficient (Wildman–Crippen LogP) is 1.85. The molecule has 1 aromatic carbocycles. The maximum Gasteiger partial charge on any atom is 0.235 e. The first-order valence-electron chi connectivity index (χ1n) is 8.61. The van der Waals surface area contributed by atoms with Crippen molar-refractivity contribution in [1.82, 2.24) is 10.4 Å². The number of ketones is 1. The van der Waals surface area contributed by atoms with Gasteiger partial charge in [0.25, 0.3) is 0 Å². The van der Waals surface area contributed by atoms with E-state index in [1.54, 1.807) is 14.0 Å². The lowest BCUT2D eigenvalue weighted by Crippen LogP contribution is -2.54. The van der Waals surface area contributed by atoms with Crippen molar-refractivity contribution >= 4 is 11.7 Å². The maximum absolute atomic E-state index is 13.2. The first kappa shape index (κ1) is 17.7. The molecule has 1 atom stereocenters. The van der Waals surface area contributed by atoms with Gasteiger partial charge >= 0.3 is 0 Å². The Morgan fingerprint density at radius 2 is 1.80 bits per heavy atom. The van der Waals surface area contributed by atoms with E-state index in [0.29, 0.717) is 25.9 Å². The fourth-order valence-corrected chi connectivity index (χ4v) is 4.10. The highest BCUT2D eigenvalue weighted by atomic mass is 16.7. The van der Waals surface area contributed by atoms with Gasteiger partial charge in [0.05, 0.1) is 7.11 Å². The predicted molar refractivity (Wildman–Crippen MR) is 94.9 cm³/mol. The van der Waals surface area contributed by atoms with Gasteiger partial charge in [-0.1, -0.05) is 5.92 Å². The van der Waals surface area contributed by atoms with Crippen LogP contribution < -0.4 is 5.32 Å². The lowest BCUT2D eigenvalue weighted by Gasteiger charge is -2.36. The average Bonchev–Trinajstić information content (AvgIpc) is 2.80. The highest BCUT2D eigenvalue weighted by Crippen LogP contribution is 2.38. The summed E-state index contributed by atoms with van der Waals surface area (Å²) < 4.78 is 0. The zero-order valence-electron chi connectivity index (χ0n) is 15.2. The van der Waals surface area contributed by atoms with E-state index in [2.05, 4.69) is 17.2 Å². The Labute approximate surface area is 148 Å². The van der Waals surface area contributed by atoms with Crippen molar-refractivity contribution in [1.29, 1.82) is 0 Å². The van der Waals surface area contributed by atoms with Crippen molar-refractivity contribution in [3.63, 3.8) is 0 Å². The number of rotatable bonds is 2. The quantitative estimate of drug-likeness (QED) is 0.659. The topological polar surface area (TPSA) is 58.6 Å². The third-order valence-electron chi connectivity index (χ3n) is 5.34. The molecular weight excluding hydrogens is 316 g/mol. The molecule has 2 fully saturated rings. The molecule has 0 radical (unpaired) electrons. The van der Waals surface area contributed by atoms with Crippen molar-refractivity contribution < 1.29 is 14.4 Å². The first-order valence-corrected chi connectivity index (χ1v) is 8.61. The van der Waals surface area contributed by atoms with Gasteiger partial charge in [-0.25, -0.2) is 0 Å². The van der Waals surface area contributed by atoms with Gasteiger partial charge in [0, 0.05) is 18.7 Å². The first-order chi connectivity index (χ1) is 11.9. The molecule has 5 heteroatoms. The van der Waals surface area contributed by atoms with E-state index in [1.165, 1.54) is 0 Å². The molecule has 0 saturated carbocycles. The van der Waals surface area contributed by atoms with Gasteiger partial charge in [-0.3, -0.25) is 9.59 Å². The lowest BCUT2D eigenvalue weighted by atomic mass is 9.79. The number of nitrogens with zero attached hydrogens (tertiary/aromatic N) is 1. The zero-order chi connectivity index (χ0) is 18.2. The molecule has 132 valence electrons. The molecule has 1 N–H and O–H groups in total. The van der Waals surface area contributed by atoms with Crippen LogP contribution >= 0.6 is 0 Å². The fourth-order valence-electron chi connectivity index (χ4n) is 4.10. The maximum atomic E-state index is 13.2. The molecule has 2 saturated heterocycles. The minimum Gasteiger partial charge on any atom is -0.343 e. The Bertz CT molecular complexity index is 757.